The Morgan fingerprint density at radius 2 is 1.31 bits per heavy atom. The number of hydrogen-bond acceptors (Lipinski definition) is 14. The number of rotatable bonds is 8. The minimum Gasteiger partial charge on any atom is -0.481 e. The molecule has 16 heteroatoms. The molecule has 10 N–H and O–H groups in total. The van der Waals surface area contributed by atoms with Gasteiger partial charge in [-0.3, -0.25) is 9.59 Å². The van der Waals surface area contributed by atoms with Crippen LogP contribution < -0.4 is 0 Å². The van der Waals surface area contributed by atoms with Crippen LogP contribution >= 0.6 is 0 Å². The van der Waals surface area contributed by atoms with Gasteiger partial charge in [0, 0.05) is 0 Å². The zero-order valence-corrected chi connectivity index (χ0v) is 34.4. The zero-order valence-electron chi connectivity index (χ0n) is 34.4. The molecule has 7 rings (SSSR count). The van der Waals surface area contributed by atoms with Crippen LogP contribution in [0, 0.1) is 50.2 Å². The van der Waals surface area contributed by atoms with Gasteiger partial charge in [-0.05, 0) is 104 Å². The summed E-state index contributed by atoms with van der Waals surface area (Å²) in [6, 6.07) is 0. The molecule has 0 aromatic heterocycles. The Labute approximate surface area is 339 Å². The number of fused-ring (bicyclic) bond motifs is 7. The van der Waals surface area contributed by atoms with Crippen LogP contribution in [-0.2, 0) is 28.5 Å². The van der Waals surface area contributed by atoms with Crippen LogP contribution in [0.5, 0.6) is 0 Å². The molecule has 0 aromatic rings. The third-order valence-corrected chi connectivity index (χ3v) is 17.3. The summed E-state index contributed by atoms with van der Waals surface area (Å²) in [4.78, 5) is 26.7. The van der Waals surface area contributed by atoms with Gasteiger partial charge in [0.05, 0.1) is 30.1 Å². The van der Waals surface area contributed by atoms with Crippen molar-refractivity contribution < 1.29 is 79.6 Å². The van der Waals surface area contributed by atoms with Gasteiger partial charge < -0.3 is 70.0 Å². The van der Waals surface area contributed by atoms with Gasteiger partial charge in [0.2, 0.25) is 0 Å². The molecule has 0 unspecified atom stereocenters. The van der Waals surface area contributed by atoms with E-state index in [9.17, 15) is 60.7 Å². The van der Waals surface area contributed by atoms with Gasteiger partial charge in [-0.2, -0.15) is 0 Å². The number of aliphatic hydroxyl groups excluding tert-OH is 8. The lowest BCUT2D eigenvalue weighted by molar-refractivity contribution is -0.372. The Bertz CT molecular complexity index is 1620. The first kappa shape index (κ1) is 44.3. The molecule has 330 valence electrons. The lowest BCUT2D eigenvalue weighted by Crippen LogP contribution is -2.70. The first-order chi connectivity index (χ1) is 27.0. The lowest BCUT2D eigenvalue weighted by Gasteiger charge is -2.71. The number of carboxylic acids is 2. The first-order valence-electron chi connectivity index (χ1n) is 21.1. The van der Waals surface area contributed by atoms with Crippen LogP contribution in [0.3, 0.4) is 0 Å². The molecule has 4 saturated carbocycles. The average Bonchev–Trinajstić information content (AvgIpc) is 3.15. The number of aliphatic carboxylic acids is 2. The largest absolute Gasteiger partial charge is 0.481 e. The van der Waals surface area contributed by atoms with Gasteiger partial charge >= 0.3 is 11.9 Å². The first-order valence-corrected chi connectivity index (χ1v) is 21.1. The summed E-state index contributed by atoms with van der Waals surface area (Å²) >= 11 is 0. The predicted octanol–water partition coefficient (Wildman–Crippen LogP) is 0.918. The molecule has 0 aromatic carbocycles. The van der Waals surface area contributed by atoms with E-state index in [1.807, 2.05) is 0 Å². The van der Waals surface area contributed by atoms with Crippen molar-refractivity contribution >= 4 is 11.9 Å². The van der Waals surface area contributed by atoms with E-state index in [2.05, 4.69) is 40.7 Å². The Morgan fingerprint density at radius 1 is 0.707 bits per heavy atom. The SMILES string of the molecule is CC1(C)CC[C@]2(C(=O)O)CC[C@]3(C)C(=CC[C@H]4[C@]5(C)C[C@H](O)[C@@H](O[C@H]6O[C@@H](CO)[C@H](O[C@H]7O[C@@H](CO)[C@H](O)[C@@H](O)[C@@H]7O)[C@@H](O)[C@@H]6O)[C@](C)(C(=O)O)[C@H]5CC[C@@]43C)[C@H]2C1. The maximum absolute atomic E-state index is 13.6. The van der Waals surface area contributed by atoms with Gasteiger partial charge in [0.25, 0.3) is 0 Å². The highest BCUT2D eigenvalue weighted by atomic mass is 16.7. The summed E-state index contributed by atoms with van der Waals surface area (Å²) in [6.07, 6.45) is -12.0. The van der Waals surface area contributed by atoms with E-state index in [0.29, 0.717) is 38.5 Å². The molecule has 2 saturated heterocycles. The topological polar surface area (TPSA) is 273 Å². The molecular weight excluding hydrogens is 760 g/mol. The van der Waals surface area contributed by atoms with Crippen molar-refractivity contribution in [1.82, 2.24) is 0 Å². The van der Waals surface area contributed by atoms with Crippen molar-refractivity contribution in [3.05, 3.63) is 11.6 Å². The van der Waals surface area contributed by atoms with E-state index in [1.54, 1.807) is 6.92 Å². The molecule has 0 amide bonds. The number of carbonyl (C=O) groups is 2. The summed E-state index contributed by atoms with van der Waals surface area (Å²) in [5.41, 5.74) is -2.69. The molecule has 0 bridgehead atoms. The molecule has 0 radical (unpaired) electrons. The molecule has 6 fully saturated rings. The lowest BCUT2D eigenvalue weighted by atomic mass is 9.33. The van der Waals surface area contributed by atoms with Crippen molar-refractivity contribution in [2.75, 3.05) is 13.2 Å². The number of allylic oxidation sites excluding steroid dienone is 2. The van der Waals surface area contributed by atoms with Crippen molar-refractivity contribution in [2.45, 2.75) is 173 Å². The van der Waals surface area contributed by atoms with Crippen molar-refractivity contribution in [3.63, 3.8) is 0 Å². The average molecular weight is 827 g/mol. The van der Waals surface area contributed by atoms with Crippen molar-refractivity contribution in [1.29, 1.82) is 0 Å². The van der Waals surface area contributed by atoms with Crippen LogP contribution in [0.25, 0.3) is 0 Å². The van der Waals surface area contributed by atoms with Crippen LogP contribution in [-0.4, -0.2) is 150 Å². The second kappa shape index (κ2) is 14.9. The Balaban J connectivity index is 1.15. The van der Waals surface area contributed by atoms with E-state index >= 15 is 0 Å². The van der Waals surface area contributed by atoms with Crippen molar-refractivity contribution in [3.8, 4) is 0 Å². The molecule has 0 spiro atoms. The second-order valence-corrected chi connectivity index (χ2v) is 20.6. The van der Waals surface area contributed by atoms with E-state index in [-0.39, 0.29) is 34.5 Å². The number of ether oxygens (including phenoxy) is 4. The molecule has 2 aliphatic heterocycles. The van der Waals surface area contributed by atoms with Crippen molar-refractivity contribution in [2.24, 2.45) is 50.2 Å². The smallest absolute Gasteiger partial charge is 0.312 e. The maximum Gasteiger partial charge on any atom is 0.312 e. The van der Waals surface area contributed by atoms with Gasteiger partial charge in [0.1, 0.15) is 54.9 Å². The molecule has 2 heterocycles. The molecule has 58 heavy (non-hydrogen) atoms. The van der Waals surface area contributed by atoms with Crippen LogP contribution in [0.1, 0.15) is 99.3 Å². The Hall–Kier alpha value is -1.80. The molecule has 5 aliphatic carbocycles. The summed E-state index contributed by atoms with van der Waals surface area (Å²) < 4.78 is 23.2. The van der Waals surface area contributed by atoms with Gasteiger partial charge in [0.15, 0.2) is 12.6 Å². The highest BCUT2D eigenvalue weighted by Crippen LogP contribution is 2.76. The summed E-state index contributed by atoms with van der Waals surface area (Å²) in [7, 11) is 0. The number of hydrogen-bond donors (Lipinski definition) is 10. The standard InChI is InChI=1S/C42H66O16/c1-37(2)11-13-42(36(53)54)14-12-39(4)19(20(42)15-37)7-8-24-38(3)16-21(45)32(41(6,35(51)52)25(38)9-10-40(24,39)5)58-34-30(50)28(48)31(23(18-44)56-34)57-33-29(49)27(47)26(46)22(17-43)55-33/h7,20-34,43-50H,8-18H2,1-6H3,(H,51,52)(H,53,54)/t20-,21+,22+,23+,24+,25+,26+,27-,28+,29+,30+,31+,32-,33-,34-,38+,39-,40+,41-,42+/m1/s1. The predicted molar refractivity (Wildman–Crippen MR) is 201 cm³/mol. The fraction of sp³-hybridized carbons (Fsp3) is 0.905. The van der Waals surface area contributed by atoms with E-state index < -0.39 is 121 Å². The molecule has 7 aliphatic rings. The fourth-order valence-corrected chi connectivity index (χ4v) is 13.7. The van der Waals surface area contributed by atoms with Crippen LogP contribution in [0.2, 0.25) is 0 Å². The van der Waals surface area contributed by atoms with Gasteiger partial charge in [-0.15, -0.1) is 0 Å². The number of aliphatic hydroxyl groups is 8. The van der Waals surface area contributed by atoms with E-state index in [0.717, 1.165) is 12.8 Å². The normalized spacial score (nSPS) is 53.9. The minimum atomic E-state index is -1.92. The van der Waals surface area contributed by atoms with Crippen LogP contribution in [0.15, 0.2) is 11.6 Å². The van der Waals surface area contributed by atoms with Crippen LogP contribution in [0.4, 0.5) is 0 Å². The Kier molecular flexibility index (Phi) is 11.4. The number of carboxylic acid groups (broad SMARTS) is 2. The summed E-state index contributed by atoms with van der Waals surface area (Å²) in [5, 5.41) is 107. The van der Waals surface area contributed by atoms with Gasteiger partial charge in [-0.25, -0.2) is 0 Å². The van der Waals surface area contributed by atoms with Gasteiger partial charge in [-0.1, -0.05) is 46.3 Å². The summed E-state index contributed by atoms with van der Waals surface area (Å²) in [6.45, 7) is 11.1. The summed E-state index contributed by atoms with van der Waals surface area (Å²) in [5.74, 6) is -2.61. The zero-order chi connectivity index (χ0) is 42.7. The molecule has 20 atom stereocenters. The fourth-order valence-electron chi connectivity index (χ4n) is 13.7. The monoisotopic (exact) mass is 826 g/mol. The second-order valence-electron chi connectivity index (χ2n) is 20.6. The third kappa shape index (κ3) is 6.29. The molecular formula is C42H66O16. The molecule has 16 nitrogen and oxygen atoms in total. The third-order valence-electron chi connectivity index (χ3n) is 17.3. The minimum absolute atomic E-state index is 0.00298. The van der Waals surface area contributed by atoms with E-state index in [1.165, 1.54) is 5.57 Å². The Morgan fingerprint density at radius 3 is 1.93 bits per heavy atom. The quantitative estimate of drug-likeness (QED) is 0.120. The highest BCUT2D eigenvalue weighted by molar-refractivity contribution is 5.77. The highest BCUT2D eigenvalue weighted by Gasteiger charge is 2.72. The maximum atomic E-state index is 13.6. The van der Waals surface area contributed by atoms with E-state index in [4.69, 9.17) is 18.9 Å².